The van der Waals surface area contributed by atoms with Crippen LogP contribution in [0, 0.1) is 13.8 Å². The van der Waals surface area contributed by atoms with E-state index in [1.807, 2.05) is 45.0 Å². The molecule has 1 aliphatic rings. The Bertz CT molecular complexity index is 1410. The van der Waals surface area contributed by atoms with Gasteiger partial charge in [0.25, 0.3) is 6.47 Å². The van der Waals surface area contributed by atoms with Crippen molar-refractivity contribution in [2.45, 2.75) is 57.6 Å². The van der Waals surface area contributed by atoms with Crippen molar-refractivity contribution in [3.8, 4) is 5.75 Å². The van der Waals surface area contributed by atoms with Crippen LogP contribution < -0.4 is 4.74 Å². The fraction of sp³-hybridized carbons (Fsp3) is 0.357. The Balaban J connectivity index is 1.73. The second kappa shape index (κ2) is 11.2. The quantitative estimate of drug-likeness (QED) is 0.272. The predicted octanol–water partition coefficient (Wildman–Crippen LogP) is 5.23. The zero-order valence-electron chi connectivity index (χ0n) is 21.4. The number of hydrogen-bond donors (Lipinski definition) is 0. The smallest absolute Gasteiger partial charge is 0.293 e. The van der Waals surface area contributed by atoms with E-state index in [9.17, 15) is 18.0 Å². The number of thiophene rings is 1. The van der Waals surface area contributed by atoms with Gasteiger partial charge >= 0.3 is 0 Å². The number of nitrogens with zero attached hydrogens (tertiary/aromatic N) is 1. The first kappa shape index (κ1) is 27.0. The summed E-state index contributed by atoms with van der Waals surface area (Å²) >= 11 is 1.40. The van der Waals surface area contributed by atoms with Gasteiger partial charge in [-0.2, -0.15) is 4.31 Å². The predicted molar refractivity (Wildman–Crippen MR) is 143 cm³/mol. The summed E-state index contributed by atoms with van der Waals surface area (Å²) < 4.78 is 40.0. The third-order valence-corrected chi connectivity index (χ3v) is 9.98. The lowest BCUT2D eigenvalue weighted by Gasteiger charge is -2.24. The summed E-state index contributed by atoms with van der Waals surface area (Å²) in [5.41, 5.74) is 3.57. The Morgan fingerprint density at radius 2 is 1.95 bits per heavy atom. The molecule has 0 saturated carbocycles. The summed E-state index contributed by atoms with van der Waals surface area (Å²) in [5, 5.41) is 0. The Hall–Kier alpha value is -3.01. The summed E-state index contributed by atoms with van der Waals surface area (Å²) in [6.45, 7) is 8.31. The van der Waals surface area contributed by atoms with Crippen LogP contribution >= 0.6 is 11.3 Å². The van der Waals surface area contributed by atoms with Gasteiger partial charge in [-0.15, -0.1) is 11.3 Å². The molecule has 1 aromatic heterocycles. The molecule has 7 nitrogen and oxygen atoms in total. The van der Waals surface area contributed by atoms with E-state index < -0.39 is 10.0 Å². The molecule has 1 aliphatic heterocycles. The molecule has 0 aliphatic carbocycles. The average Bonchev–Trinajstić information content (AvgIpc) is 3.21. The van der Waals surface area contributed by atoms with Gasteiger partial charge in [0.1, 0.15) is 23.4 Å². The molecule has 1 unspecified atom stereocenters. The van der Waals surface area contributed by atoms with Crippen LogP contribution in [-0.4, -0.2) is 44.2 Å². The number of benzene rings is 2. The van der Waals surface area contributed by atoms with Gasteiger partial charge in [0.05, 0.1) is 17.3 Å². The summed E-state index contributed by atoms with van der Waals surface area (Å²) in [6, 6.07) is 14.6. The van der Waals surface area contributed by atoms with Crippen LogP contribution in [-0.2, 0) is 26.1 Å². The molecule has 0 spiro atoms. The molecule has 0 fully saturated rings. The first-order valence-corrected chi connectivity index (χ1v) is 14.4. The topological polar surface area (TPSA) is 90.0 Å². The van der Waals surface area contributed by atoms with Crippen LogP contribution in [0.2, 0.25) is 0 Å². The number of para-hydroxylation sites is 1. The number of ketones is 1. The van der Waals surface area contributed by atoms with Crippen LogP contribution in [0.3, 0.4) is 0 Å². The van der Waals surface area contributed by atoms with E-state index in [1.165, 1.54) is 22.6 Å². The molecule has 4 rings (SSSR count). The highest BCUT2D eigenvalue weighted by molar-refractivity contribution is 7.89. The lowest BCUT2D eigenvalue weighted by molar-refractivity contribution is -0.128. The molecule has 2 heterocycles. The Labute approximate surface area is 222 Å². The molecule has 0 radical (unpaired) electrons. The van der Waals surface area contributed by atoms with Gasteiger partial charge in [0, 0.05) is 11.4 Å². The molecule has 196 valence electrons. The molecule has 0 amide bonds. The number of hydrogen-bond acceptors (Lipinski definition) is 7. The summed E-state index contributed by atoms with van der Waals surface area (Å²) in [7, 11) is -3.79. The van der Waals surface area contributed by atoms with Crippen LogP contribution in [0.5, 0.6) is 5.75 Å². The van der Waals surface area contributed by atoms with E-state index in [4.69, 9.17) is 9.47 Å². The number of sulfonamides is 1. The minimum Gasteiger partial charge on any atom is -0.488 e. The van der Waals surface area contributed by atoms with E-state index in [0.717, 1.165) is 27.1 Å². The second-order valence-corrected chi connectivity index (χ2v) is 12.3. The molecule has 0 saturated heterocycles. The van der Waals surface area contributed by atoms with E-state index in [2.05, 4.69) is 0 Å². The molecule has 0 bridgehead atoms. The van der Waals surface area contributed by atoms with Crippen LogP contribution in [0.1, 0.15) is 63.0 Å². The maximum Gasteiger partial charge on any atom is 0.293 e. The molecule has 37 heavy (non-hydrogen) atoms. The fourth-order valence-corrected chi connectivity index (χ4v) is 7.33. The molecule has 9 heteroatoms. The zero-order valence-corrected chi connectivity index (χ0v) is 23.0. The standard InChI is InChI=1S/C28H31NO6S2/c1-5-23-15-29(37(32,33)27-9-7-6-8-25(27)35-23)14-22-13-21(11-10-18(22)2)24(16-34-17-30)26-12-19(3)28(36-26)20(4)31/h6-13,17,23-24H,5,14-16H2,1-4H3/t23-,24?/m1/s1. The number of fused-ring (bicyclic) bond motifs is 1. The number of ether oxygens (including phenoxy) is 2. The van der Waals surface area contributed by atoms with Crippen molar-refractivity contribution in [1.29, 1.82) is 0 Å². The van der Waals surface area contributed by atoms with E-state index in [-0.39, 0.29) is 42.4 Å². The maximum absolute atomic E-state index is 13.6. The van der Waals surface area contributed by atoms with Crippen molar-refractivity contribution in [3.05, 3.63) is 80.5 Å². The third kappa shape index (κ3) is 5.63. The first-order valence-electron chi connectivity index (χ1n) is 12.2. The Morgan fingerprint density at radius 1 is 1.19 bits per heavy atom. The molecule has 0 N–H and O–H groups in total. The van der Waals surface area contributed by atoms with E-state index in [1.54, 1.807) is 24.3 Å². The number of rotatable bonds is 9. The molecular formula is C28H31NO6S2. The minimum absolute atomic E-state index is 0.00671. The number of Topliss-reactive ketones (excluding diaryl/α,β-unsaturated/α-hetero) is 1. The van der Waals surface area contributed by atoms with Crippen LogP contribution in [0.4, 0.5) is 0 Å². The number of carbonyl (C=O) groups excluding carboxylic acids is 2. The normalized spacial score (nSPS) is 17.8. The van der Waals surface area contributed by atoms with Crippen molar-refractivity contribution >= 4 is 33.6 Å². The van der Waals surface area contributed by atoms with Crippen molar-refractivity contribution in [2.75, 3.05) is 13.2 Å². The van der Waals surface area contributed by atoms with Crippen molar-refractivity contribution in [1.82, 2.24) is 4.31 Å². The largest absolute Gasteiger partial charge is 0.488 e. The number of aryl methyl sites for hydroxylation is 2. The van der Waals surface area contributed by atoms with Crippen LogP contribution in [0.25, 0.3) is 0 Å². The van der Waals surface area contributed by atoms with E-state index >= 15 is 0 Å². The highest BCUT2D eigenvalue weighted by atomic mass is 32.2. The van der Waals surface area contributed by atoms with E-state index in [0.29, 0.717) is 23.5 Å². The summed E-state index contributed by atoms with van der Waals surface area (Å²) in [5.74, 6) is 0.0880. The lowest BCUT2D eigenvalue weighted by Crippen LogP contribution is -2.36. The van der Waals surface area contributed by atoms with Gasteiger partial charge in [-0.05, 0) is 67.6 Å². The molecule has 2 aromatic carbocycles. The van der Waals surface area contributed by atoms with Gasteiger partial charge in [-0.3, -0.25) is 9.59 Å². The monoisotopic (exact) mass is 541 g/mol. The average molecular weight is 542 g/mol. The SMILES string of the molecule is CC[C@@H]1CN(Cc2cc(C(COC=O)c3cc(C)c(C(C)=O)s3)ccc2C)S(=O)(=O)c2ccccc2O1. The van der Waals surface area contributed by atoms with Crippen LogP contribution in [0.15, 0.2) is 53.4 Å². The fourth-order valence-electron chi connectivity index (χ4n) is 4.58. The van der Waals surface area contributed by atoms with Gasteiger partial charge in [-0.25, -0.2) is 8.42 Å². The summed E-state index contributed by atoms with van der Waals surface area (Å²) in [4.78, 5) is 24.9. The number of carbonyl (C=O) groups is 2. The van der Waals surface area contributed by atoms with Crippen molar-refractivity contribution in [2.24, 2.45) is 0 Å². The zero-order chi connectivity index (χ0) is 26.7. The lowest BCUT2D eigenvalue weighted by atomic mass is 9.94. The first-order chi connectivity index (χ1) is 17.6. The van der Waals surface area contributed by atoms with Gasteiger partial charge in [0.2, 0.25) is 10.0 Å². The molecule has 3 aromatic rings. The Morgan fingerprint density at radius 3 is 2.62 bits per heavy atom. The second-order valence-electron chi connectivity index (χ2n) is 9.28. The highest BCUT2D eigenvalue weighted by Crippen LogP contribution is 2.36. The third-order valence-electron chi connectivity index (χ3n) is 6.68. The molecule has 2 atom stereocenters. The van der Waals surface area contributed by atoms with Crippen molar-refractivity contribution in [3.63, 3.8) is 0 Å². The van der Waals surface area contributed by atoms with Gasteiger partial charge in [0.15, 0.2) is 5.78 Å². The Kier molecular flexibility index (Phi) is 8.16. The maximum atomic E-state index is 13.6. The van der Waals surface area contributed by atoms with Crippen molar-refractivity contribution < 1.29 is 27.5 Å². The summed E-state index contributed by atoms with van der Waals surface area (Å²) in [6.07, 6.45) is 0.399. The molecular weight excluding hydrogens is 510 g/mol. The highest BCUT2D eigenvalue weighted by Gasteiger charge is 2.34. The van der Waals surface area contributed by atoms with Gasteiger partial charge < -0.3 is 9.47 Å². The minimum atomic E-state index is -3.79. The van der Waals surface area contributed by atoms with Gasteiger partial charge in [-0.1, -0.05) is 37.3 Å².